The summed E-state index contributed by atoms with van der Waals surface area (Å²) in [6.07, 6.45) is -7.03. The molecule has 1 aliphatic rings. The number of aromatic nitrogens is 1. The van der Waals surface area contributed by atoms with Gasteiger partial charge in [0.15, 0.2) is 6.10 Å². The van der Waals surface area contributed by atoms with Crippen LogP contribution in [-0.4, -0.2) is 15.7 Å². The fourth-order valence-electron chi connectivity index (χ4n) is 2.54. The molecule has 1 aliphatic heterocycles. The number of fused-ring (bicyclic) bond motifs is 1. The van der Waals surface area contributed by atoms with E-state index in [1.807, 2.05) is 0 Å². The van der Waals surface area contributed by atoms with Gasteiger partial charge in [-0.15, -0.1) is 0 Å². The lowest BCUT2D eigenvalue weighted by Gasteiger charge is -2.17. The van der Waals surface area contributed by atoms with Crippen molar-refractivity contribution in [3.63, 3.8) is 0 Å². The third-order valence-electron chi connectivity index (χ3n) is 3.54. The third kappa shape index (κ3) is 2.48. The summed E-state index contributed by atoms with van der Waals surface area (Å²) in [6, 6.07) is 1.50. The van der Waals surface area contributed by atoms with E-state index in [1.54, 1.807) is 11.4 Å². The minimum atomic E-state index is -4.95. The van der Waals surface area contributed by atoms with E-state index in [1.165, 1.54) is 18.2 Å². The Morgan fingerprint density at radius 3 is 2.54 bits per heavy atom. The highest BCUT2D eigenvalue weighted by Gasteiger charge is 2.53. The highest BCUT2D eigenvalue weighted by molar-refractivity contribution is 6.30. The largest absolute Gasteiger partial charge is 0.418 e. The molecule has 1 aromatic carbocycles. The van der Waals surface area contributed by atoms with Crippen LogP contribution in [0.2, 0.25) is 5.02 Å². The molecule has 4 nitrogen and oxygen atoms in total. The molecule has 0 amide bonds. The van der Waals surface area contributed by atoms with Crippen molar-refractivity contribution in [3.8, 4) is 11.8 Å². The maximum atomic E-state index is 13.6. The van der Waals surface area contributed by atoms with Gasteiger partial charge in [-0.1, -0.05) is 11.6 Å². The second-order valence-corrected chi connectivity index (χ2v) is 5.57. The van der Waals surface area contributed by atoms with Crippen LogP contribution in [0.4, 0.5) is 27.8 Å². The Balaban J connectivity index is 2.28. The van der Waals surface area contributed by atoms with E-state index in [0.29, 0.717) is 6.20 Å². The molecule has 2 aromatic rings. The summed E-state index contributed by atoms with van der Waals surface area (Å²) in [6.45, 7) is 0. The predicted octanol–water partition coefficient (Wildman–Crippen LogP) is 4.07. The van der Waals surface area contributed by atoms with E-state index < -0.39 is 35.3 Å². The number of anilines is 1. The third-order valence-corrected chi connectivity index (χ3v) is 3.76. The molecule has 1 atom stereocenters. The normalized spacial score (nSPS) is 18.8. The van der Waals surface area contributed by atoms with Gasteiger partial charge in [0.1, 0.15) is 5.82 Å². The van der Waals surface area contributed by atoms with Crippen molar-refractivity contribution >= 4 is 17.4 Å². The fraction of sp³-hybridized carbons (Fsp3) is 0.214. The fourth-order valence-corrected chi connectivity index (χ4v) is 2.77. The zero-order chi connectivity index (χ0) is 17.9. The van der Waals surface area contributed by atoms with E-state index in [4.69, 9.17) is 16.9 Å². The Bertz CT molecular complexity index is 869. The lowest BCUT2D eigenvalue weighted by atomic mass is 10.1. The summed E-state index contributed by atoms with van der Waals surface area (Å²) < 4.78 is 67.5. The first kappa shape index (κ1) is 16.5. The molecule has 0 fully saturated rings. The number of aliphatic hydroxyl groups excluding tert-OH is 1. The van der Waals surface area contributed by atoms with E-state index in [0.717, 1.165) is 4.57 Å². The molecule has 0 aliphatic carbocycles. The first-order chi connectivity index (χ1) is 11.0. The molecule has 3 rings (SSSR count). The monoisotopic (exact) mass is 363 g/mol. The summed E-state index contributed by atoms with van der Waals surface area (Å²) in [5.41, 5.74) is -2.33. The van der Waals surface area contributed by atoms with Crippen molar-refractivity contribution in [2.45, 2.75) is 18.3 Å². The first-order valence-corrected chi connectivity index (χ1v) is 6.80. The summed E-state index contributed by atoms with van der Waals surface area (Å²) in [4.78, 5) is 0. The summed E-state index contributed by atoms with van der Waals surface area (Å²) in [5.74, 6) is -0.606. The van der Waals surface area contributed by atoms with Crippen LogP contribution < -0.4 is 5.32 Å². The average molecular weight is 364 g/mol. The molecular weight excluding hydrogens is 357 g/mol. The topological polar surface area (TPSA) is 61.0 Å². The van der Waals surface area contributed by atoms with Crippen LogP contribution in [0, 0.1) is 11.3 Å². The van der Waals surface area contributed by atoms with Crippen LogP contribution in [0.25, 0.3) is 5.69 Å². The predicted molar refractivity (Wildman–Crippen MR) is 74.0 cm³/mol. The van der Waals surface area contributed by atoms with Gasteiger partial charge in [0.05, 0.1) is 17.2 Å². The van der Waals surface area contributed by atoms with Crippen molar-refractivity contribution < 1.29 is 27.1 Å². The number of hydrogen-bond acceptors (Lipinski definition) is 3. The highest BCUT2D eigenvalue weighted by atomic mass is 35.5. The molecule has 24 heavy (non-hydrogen) atoms. The molecule has 0 bridgehead atoms. The molecule has 1 aromatic heterocycles. The molecule has 2 N–H and O–H groups in total. The molecule has 0 saturated carbocycles. The van der Waals surface area contributed by atoms with Gasteiger partial charge in [0.2, 0.25) is 0 Å². The molecule has 126 valence electrons. The first-order valence-electron chi connectivity index (χ1n) is 6.42. The van der Waals surface area contributed by atoms with Gasteiger partial charge < -0.3 is 15.0 Å². The van der Waals surface area contributed by atoms with Crippen LogP contribution in [0.3, 0.4) is 0 Å². The second kappa shape index (κ2) is 5.09. The number of nitrogens with zero attached hydrogens (tertiary/aromatic N) is 2. The van der Waals surface area contributed by atoms with Crippen LogP contribution in [-0.2, 0) is 6.18 Å². The second-order valence-electron chi connectivity index (χ2n) is 5.13. The van der Waals surface area contributed by atoms with E-state index in [9.17, 15) is 27.1 Å². The molecule has 2 heterocycles. The number of aliphatic hydroxyl groups is 1. The van der Waals surface area contributed by atoms with Crippen molar-refractivity contribution in [2.24, 2.45) is 0 Å². The average Bonchev–Trinajstić information content (AvgIpc) is 2.93. The lowest BCUT2D eigenvalue weighted by Crippen LogP contribution is -2.30. The van der Waals surface area contributed by atoms with Gasteiger partial charge in [-0.25, -0.2) is 0 Å². The van der Waals surface area contributed by atoms with Gasteiger partial charge in [-0.05, 0) is 18.2 Å². The SMILES string of the molecule is N#Cc1cc(Cl)cc(-n2cc(C(F)(F)F)c3c2NC(F)(F)C3O)c1. The number of benzene rings is 1. The molecule has 0 spiro atoms. The van der Waals surface area contributed by atoms with Crippen LogP contribution >= 0.6 is 11.6 Å². The van der Waals surface area contributed by atoms with Crippen molar-refractivity contribution in [1.29, 1.82) is 5.26 Å². The van der Waals surface area contributed by atoms with E-state index in [-0.39, 0.29) is 16.3 Å². The number of nitriles is 1. The Kier molecular flexibility index (Phi) is 3.51. The van der Waals surface area contributed by atoms with Crippen LogP contribution in [0.5, 0.6) is 0 Å². The van der Waals surface area contributed by atoms with Gasteiger partial charge in [0, 0.05) is 22.5 Å². The van der Waals surface area contributed by atoms with Crippen LogP contribution in [0.15, 0.2) is 24.4 Å². The molecule has 0 saturated heterocycles. The summed E-state index contributed by atoms with van der Waals surface area (Å²) >= 11 is 5.81. The molecule has 1 unspecified atom stereocenters. The zero-order valence-corrected chi connectivity index (χ0v) is 12.3. The maximum absolute atomic E-state index is 13.6. The Morgan fingerprint density at radius 1 is 1.29 bits per heavy atom. The maximum Gasteiger partial charge on any atom is 0.418 e. The van der Waals surface area contributed by atoms with Crippen molar-refractivity contribution in [2.75, 3.05) is 5.32 Å². The minimum absolute atomic E-state index is 0.0248. The quantitative estimate of drug-likeness (QED) is 0.593. The Hall–Kier alpha value is -2.31. The smallest absolute Gasteiger partial charge is 0.380 e. The number of alkyl halides is 5. The molecular formula is C14H7ClF5N3O. The van der Waals surface area contributed by atoms with Gasteiger partial charge in [0.25, 0.3) is 0 Å². The number of nitrogens with one attached hydrogen (secondary N) is 1. The summed E-state index contributed by atoms with van der Waals surface area (Å²) in [7, 11) is 0. The summed E-state index contributed by atoms with van der Waals surface area (Å²) in [5, 5.41) is 20.1. The standard InChI is InChI=1S/C14H7ClF5N3O/c15-7-1-6(4-21)2-8(3-7)23-5-9(13(16,17)18)10-11(24)14(19,20)22-12(10)23/h1-3,5,11,22,24H. The lowest BCUT2D eigenvalue weighted by molar-refractivity contribution is -0.141. The number of halogens is 6. The van der Waals surface area contributed by atoms with Crippen molar-refractivity contribution in [3.05, 3.63) is 46.1 Å². The Morgan fingerprint density at radius 2 is 1.96 bits per heavy atom. The van der Waals surface area contributed by atoms with Crippen LogP contribution in [0.1, 0.15) is 22.8 Å². The van der Waals surface area contributed by atoms with Gasteiger partial charge >= 0.3 is 12.2 Å². The zero-order valence-electron chi connectivity index (χ0n) is 11.5. The van der Waals surface area contributed by atoms with Gasteiger partial charge in [-0.3, -0.25) is 0 Å². The van der Waals surface area contributed by atoms with Crippen molar-refractivity contribution in [1.82, 2.24) is 4.57 Å². The minimum Gasteiger partial charge on any atom is -0.380 e. The number of rotatable bonds is 1. The number of hydrogen-bond donors (Lipinski definition) is 2. The molecule has 10 heteroatoms. The van der Waals surface area contributed by atoms with Gasteiger partial charge in [-0.2, -0.15) is 27.2 Å². The highest BCUT2D eigenvalue weighted by Crippen LogP contribution is 2.50. The Labute approximate surface area is 136 Å². The molecule has 0 radical (unpaired) electrons. The van der Waals surface area contributed by atoms with E-state index >= 15 is 0 Å². The van der Waals surface area contributed by atoms with E-state index in [2.05, 4.69) is 0 Å².